The van der Waals surface area contributed by atoms with Crippen molar-refractivity contribution in [1.82, 2.24) is 9.88 Å². The second-order valence-electron chi connectivity index (χ2n) is 7.72. The lowest BCUT2D eigenvalue weighted by atomic mass is 9.67. The Hall–Kier alpha value is -3.80. The molecule has 3 N–H and O–H groups in total. The summed E-state index contributed by atoms with van der Waals surface area (Å²) in [5.74, 6) is -1.41. The number of carbonyl (C=O) groups excluding carboxylic acids is 2. The van der Waals surface area contributed by atoms with Gasteiger partial charge in [0.1, 0.15) is 23.1 Å². The van der Waals surface area contributed by atoms with Gasteiger partial charge in [-0.25, -0.2) is 14.4 Å². The summed E-state index contributed by atoms with van der Waals surface area (Å²) in [6.07, 6.45) is 1.29. The SMILES string of the molecule is CN1C(=O)C(C)(C)C(C)(c2cc(NC(=O)c3ccc(C#N)cn3)ccc2F)N=C1N. The van der Waals surface area contributed by atoms with Crippen molar-refractivity contribution < 1.29 is 14.0 Å². The first kappa shape index (κ1) is 20.9. The minimum Gasteiger partial charge on any atom is -0.369 e. The van der Waals surface area contributed by atoms with E-state index in [9.17, 15) is 14.0 Å². The van der Waals surface area contributed by atoms with Gasteiger partial charge in [-0.05, 0) is 51.1 Å². The molecule has 0 saturated carbocycles. The Morgan fingerprint density at radius 2 is 1.97 bits per heavy atom. The van der Waals surface area contributed by atoms with Crippen LogP contribution in [0.2, 0.25) is 0 Å². The minimum atomic E-state index is -1.29. The predicted molar refractivity (Wildman–Crippen MR) is 109 cm³/mol. The van der Waals surface area contributed by atoms with E-state index < -0.39 is 22.7 Å². The summed E-state index contributed by atoms with van der Waals surface area (Å²) in [4.78, 5) is 34.9. The fourth-order valence-corrected chi connectivity index (χ4v) is 3.34. The van der Waals surface area contributed by atoms with Gasteiger partial charge in [-0.1, -0.05) is 0 Å². The molecule has 0 spiro atoms. The molecule has 0 radical (unpaired) electrons. The Kier molecular flexibility index (Phi) is 5.04. The van der Waals surface area contributed by atoms with Crippen LogP contribution in [0.15, 0.2) is 41.5 Å². The molecule has 2 aromatic rings. The number of carbonyl (C=O) groups is 2. The molecule has 8 nitrogen and oxygen atoms in total. The zero-order chi connectivity index (χ0) is 22.3. The number of hydrogen-bond acceptors (Lipinski definition) is 6. The van der Waals surface area contributed by atoms with Crippen molar-refractivity contribution in [1.29, 1.82) is 5.26 Å². The number of aliphatic imine (C=N–C) groups is 1. The number of pyridine rings is 1. The number of rotatable bonds is 3. The van der Waals surface area contributed by atoms with Gasteiger partial charge in [0.05, 0.1) is 11.0 Å². The van der Waals surface area contributed by atoms with E-state index in [1.54, 1.807) is 20.8 Å². The molecule has 3 rings (SSSR count). The maximum atomic E-state index is 14.8. The zero-order valence-electron chi connectivity index (χ0n) is 17.0. The van der Waals surface area contributed by atoms with Crippen LogP contribution in [-0.4, -0.2) is 34.7 Å². The summed E-state index contributed by atoms with van der Waals surface area (Å²) in [5, 5.41) is 11.5. The van der Waals surface area contributed by atoms with E-state index in [1.165, 1.54) is 48.5 Å². The summed E-state index contributed by atoms with van der Waals surface area (Å²) < 4.78 is 14.8. The van der Waals surface area contributed by atoms with Crippen molar-refractivity contribution >= 4 is 23.5 Å². The quantitative estimate of drug-likeness (QED) is 0.807. The minimum absolute atomic E-state index is 0.0163. The Labute approximate surface area is 173 Å². The maximum Gasteiger partial charge on any atom is 0.274 e. The van der Waals surface area contributed by atoms with Crippen molar-refractivity contribution in [3.8, 4) is 6.07 Å². The van der Waals surface area contributed by atoms with Crippen LogP contribution in [0.5, 0.6) is 0 Å². The molecule has 0 aliphatic carbocycles. The first-order valence-corrected chi connectivity index (χ1v) is 9.12. The molecule has 30 heavy (non-hydrogen) atoms. The Morgan fingerprint density at radius 3 is 2.57 bits per heavy atom. The van der Waals surface area contributed by atoms with E-state index in [4.69, 9.17) is 11.0 Å². The average molecular weight is 408 g/mol. The molecule has 1 aliphatic heterocycles. The lowest BCUT2D eigenvalue weighted by Crippen LogP contribution is -2.58. The van der Waals surface area contributed by atoms with Crippen molar-refractivity contribution in [3.63, 3.8) is 0 Å². The lowest BCUT2D eigenvalue weighted by molar-refractivity contribution is -0.140. The summed E-state index contributed by atoms with van der Waals surface area (Å²) in [6, 6.07) is 8.86. The van der Waals surface area contributed by atoms with Gasteiger partial charge in [0.2, 0.25) is 5.91 Å². The number of amides is 2. The number of nitriles is 1. The topological polar surface area (TPSA) is 124 Å². The van der Waals surface area contributed by atoms with E-state index in [0.717, 1.165) is 0 Å². The lowest BCUT2D eigenvalue weighted by Gasteiger charge is -2.46. The number of anilines is 1. The first-order chi connectivity index (χ1) is 14.0. The van der Waals surface area contributed by atoms with Crippen molar-refractivity contribution in [2.24, 2.45) is 16.1 Å². The van der Waals surface area contributed by atoms with Gasteiger partial charge in [0.15, 0.2) is 5.96 Å². The number of nitrogens with two attached hydrogens (primary N) is 1. The van der Waals surface area contributed by atoms with Gasteiger partial charge < -0.3 is 11.1 Å². The summed E-state index contributed by atoms with van der Waals surface area (Å²) in [6.45, 7) is 4.98. The van der Waals surface area contributed by atoms with Crippen molar-refractivity contribution in [3.05, 3.63) is 59.2 Å². The van der Waals surface area contributed by atoms with Crippen LogP contribution in [0.4, 0.5) is 10.1 Å². The smallest absolute Gasteiger partial charge is 0.274 e. The molecule has 154 valence electrons. The van der Waals surface area contributed by atoms with E-state index >= 15 is 0 Å². The standard InChI is InChI=1S/C21H21FN6O2/c1-20(2)18(30)28(4)19(24)27-21(20,3)14-9-13(6-7-15(14)22)26-17(29)16-8-5-12(10-23)11-25-16/h5-9,11H,1-4H3,(H2,24,27)(H,26,29). The number of nitrogens with zero attached hydrogens (tertiary/aromatic N) is 4. The van der Waals surface area contributed by atoms with E-state index in [0.29, 0.717) is 11.3 Å². The summed E-state index contributed by atoms with van der Waals surface area (Å²) in [7, 11) is 1.51. The van der Waals surface area contributed by atoms with Gasteiger partial charge in [0, 0.05) is 24.5 Å². The molecule has 0 fully saturated rings. The zero-order valence-corrected chi connectivity index (χ0v) is 17.0. The van der Waals surface area contributed by atoms with Crippen LogP contribution >= 0.6 is 0 Å². The molecule has 9 heteroatoms. The number of halogens is 1. The summed E-state index contributed by atoms with van der Waals surface area (Å²) in [5.41, 5.74) is 4.37. The Bertz CT molecular complexity index is 1100. The van der Waals surface area contributed by atoms with E-state index in [1.807, 2.05) is 6.07 Å². The fourth-order valence-electron chi connectivity index (χ4n) is 3.34. The van der Waals surface area contributed by atoms with Gasteiger partial charge in [0.25, 0.3) is 5.91 Å². The molecule has 1 aromatic carbocycles. The molecule has 1 unspecified atom stereocenters. The average Bonchev–Trinajstić information content (AvgIpc) is 2.72. The van der Waals surface area contributed by atoms with E-state index in [2.05, 4.69) is 15.3 Å². The van der Waals surface area contributed by atoms with Crippen molar-refractivity contribution in [2.75, 3.05) is 12.4 Å². The first-order valence-electron chi connectivity index (χ1n) is 9.12. The molecular formula is C21H21FN6O2. The number of benzene rings is 1. The molecule has 1 aliphatic rings. The number of guanidine groups is 1. The van der Waals surface area contributed by atoms with Gasteiger partial charge >= 0.3 is 0 Å². The van der Waals surface area contributed by atoms with Crippen LogP contribution < -0.4 is 11.1 Å². The van der Waals surface area contributed by atoms with Crippen LogP contribution in [-0.2, 0) is 10.3 Å². The predicted octanol–water partition coefficient (Wildman–Crippen LogP) is 2.37. The Morgan fingerprint density at radius 1 is 1.27 bits per heavy atom. The number of hydrogen-bond donors (Lipinski definition) is 2. The molecule has 0 bridgehead atoms. The van der Waals surface area contributed by atoms with Gasteiger partial charge in [-0.3, -0.25) is 14.5 Å². The van der Waals surface area contributed by atoms with Crippen LogP contribution in [0.25, 0.3) is 0 Å². The highest BCUT2D eigenvalue weighted by molar-refractivity contribution is 6.03. The third kappa shape index (κ3) is 3.26. The number of aromatic nitrogens is 1. The molecule has 1 aromatic heterocycles. The van der Waals surface area contributed by atoms with Gasteiger partial charge in [-0.15, -0.1) is 0 Å². The van der Waals surface area contributed by atoms with Gasteiger partial charge in [-0.2, -0.15) is 5.26 Å². The normalized spacial score (nSPS) is 20.3. The van der Waals surface area contributed by atoms with Crippen LogP contribution in [0.3, 0.4) is 0 Å². The van der Waals surface area contributed by atoms with Crippen LogP contribution in [0.1, 0.15) is 42.4 Å². The molecule has 2 amide bonds. The fraction of sp³-hybridized carbons (Fsp3) is 0.286. The number of nitrogens with one attached hydrogen (secondary N) is 1. The summed E-state index contributed by atoms with van der Waals surface area (Å²) >= 11 is 0. The molecule has 1 atom stereocenters. The Balaban J connectivity index is 2.00. The monoisotopic (exact) mass is 408 g/mol. The second kappa shape index (κ2) is 7.22. The molecular weight excluding hydrogens is 387 g/mol. The third-order valence-corrected chi connectivity index (χ3v) is 5.61. The largest absolute Gasteiger partial charge is 0.369 e. The third-order valence-electron chi connectivity index (χ3n) is 5.61. The molecule has 0 saturated heterocycles. The second-order valence-corrected chi connectivity index (χ2v) is 7.72. The molecule has 2 heterocycles. The van der Waals surface area contributed by atoms with Crippen LogP contribution in [0, 0.1) is 22.6 Å². The highest BCUT2D eigenvalue weighted by Crippen LogP contribution is 2.47. The maximum absolute atomic E-state index is 14.8. The van der Waals surface area contributed by atoms with E-state index in [-0.39, 0.29) is 23.1 Å². The highest BCUT2D eigenvalue weighted by Gasteiger charge is 2.53. The highest BCUT2D eigenvalue weighted by atomic mass is 19.1. The van der Waals surface area contributed by atoms with Crippen molar-refractivity contribution in [2.45, 2.75) is 26.3 Å².